The number of amides is 2. The molecule has 2 amide bonds. The van der Waals surface area contributed by atoms with Crippen LogP contribution >= 0.6 is 0 Å². The van der Waals surface area contributed by atoms with E-state index < -0.39 is 11.8 Å². The van der Waals surface area contributed by atoms with Gasteiger partial charge in [-0.1, -0.05) is 6.92 Å². The second kappa shape index (κ2) is 6.56. The number of carbonyl (C=O) groups excluding carboxylic acids is 2. The Kier molecular flexibility index (Phi) is 5.37. The molecule has 1 aliphatic heterocycles. The second-order valence-electron chi connectivity index (χ2n) is 4.65. The van der Waals surface area contributed by atoms with Gasteiger partial charge in [-0.05, 0) is 25.9 Å². The molecule has 1 fully saturated rings. The van der Waals surface area contributed by atoms with Crippen LogP contribution in [-0.4, -0.2) is 56.0 Å². The minimum absolute atomic E-state index is 0.0855. The van der Waals surface area contributed by atoms with E-state index in [1.165, 1.54) is 0 Å². The van der Waals surface area contributed by atoms with Gasteiger partial charge in [-0.25, -0.2) is 0 Å². The van der Waals surface area contributed by atoms with Crippen molar-refractivity contribution in [3.05, 3.63) is 0 Å². The molecule has 17 heavy (non-hydrogen) atoms. The monoisotopic (exact) mass is 242 g/mol. The third kappa shape index (κ3) is 4.32. The number of piperidine rings is 1. The lowest BCUT2D eigenvalue weighted by molar-refractivity contribution is -0.140. The molecule has 0 aliphatic carbocycles. The van der Waals surface area contributed by atoms with Crippen molar-refractivity contribution < 1.29 is 9.59 Å². The fourth-order valence-electron chi connectivity index (χ4n) is 2.07. The van der Waals surface area contributed by atoms with Crippen LogP contribution in [0.2, 0.25) is 0 Å². The van der Waals surface area contributed by atoms with E-state index in [1.54, 1.807) is 0 Å². The fourth-order valence-corrected chi connectivity index (χ4v) is 2.07. The number of nitrogens with zero attached hydrogens (tertiary/aromatic N) is 1. The molecule has 4 N–H and O–H groups in total. The molecule has 1 heterocycles. The van der Waals surface area contributed by atoms with Gasteiger partial charge in [0.2, 0.25) is 0 Å². The van der Waals surface area contributed by atoms with Crippen molar-refractivity contribution in [2.45, 2.75) is 19.4 Å². The lowest BCUT2D eigenvalue weighted by Crippen LogP contribution is -2.52. The van der Waals surface area contributed by atoms with Crippen LogP contribution in [0.5, 0.6) is 0 Å². The summed E-state index contributed by atoms with van der Waals surface area (Å²) in [6, 6.07) is 0.0855. The number of nitrogens with two attached hydrogens (primary N) is 1. The van der Waals surface area contributed by atoms with Crippen LogP contribution in [-0.2, 0) is 9.59 Å². The summed E-state index contributed by atoms with van der Waals surface area (Å²) >= 11 is 0. The summed E-state index contributed by atoms with van der Waals surface area (Å²) in [5.74, 6) is -0.790. The highest BCUT2D eigenvalue weighted by molar-refractivity contribution is 6.35. The minimum atomic E-state index is -0.596. The number of nitrogens with one attached hydrogen (secondary N) is 2. The summed E-state index contributed by atoms with van der Waals surface area (Å²) in [6.07, 6.45) is 0.883. The van der Waals surface area contributed by atoms with Gasteiger partial charge in [0.15, 0.2) is 0 Å². The Hall–Kier alpha value is -1.14. The van der Waals surface area contributed by atoms with Crippen molar-refractivity contribution in [3.8, 4) is 0 Å². The van der Waals surface area contributed by atoms with Crippen LogP contribution in [0.3, 0.4) is 0 Å². The molecule has 0 radical (unpaired) electrons. The molecule has 2 unspecified atom stereocenters. The highest BCUT2D eigenvalue weighted by Crippen LogP contribution is 2.14. The molecule has 0 aromatic rings. The zero-order chi connectivity index (χ0) is 12.8. The van der Waals surface area contributed by atoms with Gasteiger partial charge < -0.3 is 21.3 Å². The smallest absolute Gasteiger partial charge is 0.309 e. The van der Waals surface area contributed by atoms with Gasteiger partial charge in [-0.3, -0.25) is 9.59 Å². The molecule has 0 aromatic carbocycles. The Morgan fingerprint density at radius 2 is 2.12 bits per heavy atom. The Bertz CT molecular complexity index is 283. The molecule has 0 bridgehead atoms. The van der Waals surface area contributed by atoms with Crippen LogP contribution < -0.4 is 16.4 Å². The van der Waals surface area contributed by atoms with E-state index in [9.17, 15) is 9.59 Å². The van der Waals surface area contributed by atoms with Gasteiger partial charge in [0.1, 0.15) is 0 Å². The first-order valence-corrected chi connectivity index (χ1v) is 6.02. The summed E-state index contributed by atoms with van der Waals surface area (Å²) in [7, 11) is 2.06. The summed E-state index contributed by atoms with van der Waals surface area (Å²) in [4.78, 5) is 25.1. The zero-order valence-corrected chi connectivity index (χ0v) is 10.5. The van der Waals surface area contributed by atoms with Crippen molar-refractivity contribution in [3.63, 3.8) is 0 Å². The molecule has 6 heteroatoms. The molecule has 0 spiro atoms. The summed E-state index contributed by atoms with van der Waals surface area (Å²) in [5, 5.41) is 5.24. The second-order valence-corrected chi connectivity index (χ2v) is 4.65. The quantitative estimate of drug-likeness (QED) is 0.527. The highest BCUT2D eigenvalue weighted by atomic mass is 16.2. The Morgan fingerprint density at radius 3 is 2.71 bits per heavy atom. The fraction of sp³-hybridized carbons (Fsp3) is 0.818. The van der Waals surface area contributed by atoms with Crippen LogP contribution in [0.25, 0.3) is 0 Å². The zero-order valence-electron chi connectivity index (χ0n) is 10.5. The van der Waals surface area contributed by atoms with Gasteiger partial charge in [0, 0.05) is 25.7 Å². The maximum atomic E-state index is 11.6. The number of carbonyl (C=O) groups is 2. The lowest BCUT2D eigenvalue weighted by atomic mass is 9.94. The maximum Gasteiger partial charge on any atom is 0.309 e. The van der Waals surface area contributed by atoms with E-state index in [4.69, 9.17) is 5.73 Å². The molecular weight excluding hydrogens is 220 g/mol. The number of likely N-dealkylation sites (tertiary alicyclic amines) is 1. The highest BCUT2D eigenvalue weighted by Gasteiger charge is 2.27. The average Bonchev–Trinajstić information content (AvgIpc) is 2.29. The van der Waals surface area contributed by atoms with E-state index in [1.807, 2.05) is 0 Å². The molecule has 0 saturated carbocycles. The molecule has 98 valence electrons. The maximum absolute atomic E-state index is 11.6. The first kappa shape index (κ1) is 13.9. The van der Waals surface area contributed by atoms with E-state index in [-0.39, 0.29) is 6.04 Å². The van der Waals surface area contributed by atoms with Crippen molar-refractivity contribution in [1.82, 2.24) is 15.5 Å². The van der Waals surface area contributed by atoms with Crippen LogP contribution in [0.1, 0.15) is 13.3 Å². The molecule has 1 saturated heterocycles. The van der Waals surface area contributed by atoms with Gasteiger partial charge in [0.05, 0.1) is 0 Å². The van der Waals surface area contributed by atoms with Crippen LogP contribution in [0.15, 0.2) is 0 Å². The van der Waals surface area contributed by atoms with Crippen molar-refractivity contribution >= 4 is 11.8 Å². The third-order valence-corrected chi connectivity index (χ3v) is 3.06. The Morgan fingerprint density at radius 1 is 1.41 bits per heavy atom. The minimum Gasteiger partial charge on any atom is -0.347 e. The molecular formula is C11H22N4O2. The average molecular weight is 242 g/mol. The van der Waals surface area contributed by atoms with E-state index in [0.717, 1.165) is 19.5 Å². The number of rotatable bonds is 3. The first-order valence-electron chi connectivity index (χ1n) is 6.02. The number of hydrogen-bond acceptors (Lipinski definition) is 4. The normalized spacial score (nSPS) is 25.4. The van der Waals surface area contributed by atoms with Crippen molar-refractivity contribution in [2.24, 2.45) is 11.7 Å². The van der Waals surface area contributed by atoms with Gasteiger partial charge in [-0.15, -0.1) is 0 Å². The Labute approximate surface area is 102 Å². The van der Waals surface area contributed by atoms with Gasteiger partial charge >= 0.3 is 11.8 Å². The number of hydrogen-bond donors (Lipinski definition) is 3. The molecule has 1 rings (SSSR count). The summed E-state index contributed by atoms with van der Waals surface area (Å²) < 4.78 is 0. The standard InChI is InChI=1S/C11H22N4O2/c1-8-7-15(2)6-3-9(8)14-11(17)10(16)13-5-4-12/h8-9H,3-7,12H2,1-2H3,(H,13,16)(H,14,17). The molecule has 6 nitrogen and oxygen atoms in total. The van der Waals surface area contributed by atoms with Gasteiger partial charge in [0.25, 0.3) is 0 Å². The predicted octanol–water partition coefficient (Wildman–Crippen LogP) is -1.48. The van der Waals surface area contributed by atoms with Crippen molar-refractivity contribution in [1.29, 1.82) is 0 Å². The molecule has 1 aliphatic rings. The third-order valence-electron chi connectivity index (χ3n) is 3.06. The topological polar surface area (TPSA) is 87.5 Å². The predicted molar refractivity (Wildman–Crippen MR) is 65.3 cm³/mol. The van der Waals surface area contributed by atoms with E-state index >= 15 is 0 Å². The first-order chi connectivity index (χ1) is 8.04. The van der Waals surface area contributed by atoms with E-state index in [2.05, 4.69) is 29.5 Å². The van der Waals surface area contributed by atoms with E-state index in [0.29, 0.717) is 19.0 Å². The Balaban J connectivity index is 2.37. The summed E-state index contributed by atoms with van der Waals surface area (Å²) in [6.45, 7) is 4.63. The van der Waals surface area contributed by atoms with Crippen LogP contribution in [0, 0.1) is 5.92 Å². The molecule has 2 atom stereocenters. The lowest BCUT2D eigenvalue weighted by Gasteiger charge is -2.34. The molecule has 0 aromatic heterocycles. The summed E-state index contributed by atoms with van der Waals surface area (Å²) in [5.41, 5.74) is 5.25. The largest absolute Gasteiger partial charge is 0.347 e. The van der Waals surface area contributed by atoms with Gasteiger partial charge in [-0.2, -0.15) is 0 Å². The van der Waals surface area contributed by atoms with Crippen molar-refractivity contribution in [2.75, 3.05) is 33.2 Å². The van der Waals surface area contributed by atoms with Crippen LogP contribution in [0.4, 0.5) is 0 Å². The SMILES string of the molecule is CC1CN(C)CCC1NC(=O)C(=O)NCCN.